The van der Waals surface area contributed by atoms with Crippen molar-refractivity contribution in [3.63, 3.8) is 0 Å². The number of ether oxygens (including phenoxy) is 1. The summed E-state index contributed by atoms with van der Waals surface area (Å²) < 4.78 is 4.74. The molecule has 0 aromatic carbocycles. The van der Waals surface area contributed by atoms with Crippen molar-refractivity contribution in [2.75, 3.05) is 14.2 Å². The van der Waals surface area contributed by atoms with Gasteiger partial charge in [-0.15, -0.1) is 0 Å². The number of hydrogen-bond acceptors (Lipinski definition) is 3. The van der Waals surface area contributed by atoms with Crippen LogP contribution in [0.1, 0.15) is 32.1 Å². The maximum Gasteiger partial charge on any atom is 0.305 e. The van der Waals surface area contributed by atoms with Crippen LogP contribution in [-0.4, -0.2) is 37.1 Å². The van der Waals surface area contributed by atoms with E-state index in [2.05, 4.69) is 11.9 Å². The van der Waals surface area contributed by atoms with Gasteiger partial charge in [-0.3, -0.25) is 4.79 Å². The third-order valence-electron chi connectivity index (χ3n) is 3.97. The average Bonchev–Trinajstić information content (AvgIpc) is 2.43. The molecule has 3 atom stereocenters. The van der Waals surface area contributed by atoms with Crippen LogP contribution >= 0.6 is 0 Å². The highest BCUT2D eigenvalue weighted by atomic mass is 16.5. The van der Waals surface area contributed by atoms with Gasteiger partial charge in [0, 0.05) is 18.5 Å². The lowest BCUT2D eigenvalue weighted by Crippen LogP contribution is -2.42. The number of fused-ring (bicyclic) bond motifs is 2. The highest BCUT2D eigenvalue weighted by molar-refractivity contribution is 5.69. The fourth-order valence-corrected chi connectivity index (χ4v) is 3.09. The summed E-state index contributed by atoms with van der Waals surface area (Å²) in [5, 5.41) is 0. The minimum Gasteiger partial charge on any atom is -0.469 e. The van der Waals surface area contributed by atoms with Crippen LogP contribution in [0.2, 0.25) is 0 Å². The SMILES string of the molecule is COC(=O)C[C@H]1CCC2CCC1N2C. The Hall–Kier alpha value is -0.570. The van der Waals surface area contributed by atoms with Crippen LogP contribution in [0.25, 0.3) is 0 Å². The summed E-state index contributed by atoms with van der Waals surface area (Å²) in [7, 11) is 3.68. The van der Waals surface area contributed by atoms with Gasteiger partial charge >= 0.3 is 5.97 Å². The molecule has 3 heteroatoms. The van der Waals surface area contributed by atoms with Gasteiger partial charge in [-0.2, -0.15) is 0 Å². The van der Waals surface area contributed by atoms with E-state index in [-0.39, 0.29) is 5.97 Å². The largest absolute Gasteiger partial charge is 0.469 e. The molecule has 2 unspecified atom stereocenters. The number of carbonyl (C=O) groups is 1. The molecule has 0 spiro atoms. The van der Waals surface area contributed by atoms with Gasteiger partial charge in [-0.1, -0.05) is 0 Å². The van der Waals surface area contributed by atoms with Gasteiger partial charge in [-0.25, -0.2) is 0 Å². The van der Waals surface area contributed by atoms with Gasteiger partial charge in [0.1, 0.15) is 0 Å². The Morgan fingerprint density at radius 1 is 1.36 bits per heavy atom. The fourth-order valence-electron chi connectivity index (χ4n) is 3.09. The van der Waals surface area contributed by atoms with Crippen molar-refractivity contribution in [1.82, 2.24) is 4.90 Å². The Bertz CT molecular complexity index is 229. The van der Waals surface area contributed by atoms with Gasteiger partial charge in [0.2, 0.25) is 0 Å². The smallest absolute Gasteiger partial charge is 0.305 e. The number of piperidine rings is 1. The first-order valence-corrected chi connectivity index (χ1v) is 5.51. The summed E-state index contributed by atoms with van der Waals surface area (Å²) >= 11 is 0. The molecule has 2 aliphatic rings. The van der Waals surface area contributed by atoms with Gasteiger partial charge in [0.05, 0.1) is 7.11 Å². The lowest BCUT2D eigenvalue weighted by molar-refractivity contribution is -0.142. The molecular formula is C11H19NO2. The number of rotatable bonds is 2. The third kappa shape index (κ3) is 1.65. The van der Waals surface area contributed by atoms with Crippen molar-refractivity contribution in [2.45, 2.75) is 44.2 Å². The molecular weight excluding hydrogens is 178 g/mol. The normalized spacial score (nSPS) is 37.1. The number of methoxy groups -OCH3 is 1. The summed E-state index contributed by atoms with van der Waals surface area (Å²) in [6.45, 7) is 0. The van der Waals surface area contributed by atoms with E-state index in [9.17, 15) is 4.79 Å². The molecule has 0 amide bonds. The minimum atomic E-state index is -0.0475. The topological polar surface area (TPSA) is 29.5 Å². The maximum atomic E-state index is 11.2. The Kier molecular flexibility index (Phi) is 2.77. The molecule has 14 heavy (non-hydrogen) atoms. The fraction of sp³-hybridized carbons (Fsp3) is 0.909. The van der Waals surface area contributed by atoms with Crippen LogP contribution in [0.15, 0.2) is 0 Å². The van der Waals surface area contributed by atoms with Crippen molar-refractivity contribution in [2.24, 2.45) is 5.92 Å². The molecule has 2 bridgehead atoms. The number of esters is 1. The van der Waals surface area contributed by atoms with Crippen molar-refractivity contribution < 1.29 is 9.53 Å². The summed E-state index contributed by atoms with van der Waals surface area (Å²) in [5.41, 5.74) is 0. The molecule has 0 aromatic rings. The predicted octanol–water partition coefficient (Wildman–Crippen LogP) is 1.42. The summed E-state index contributed by atoms with van der Waals surface area (Å²) in [6, 6.07) is 1.42. The Balaban J connectivity index is 1.96. The van der Waals surface area contributed by atoms with E-state index < -0.39 is 0 Å². The molecule has 0 aromatic heterocycles. The third-order valence-corrected chi connectivity index (χ3v) is 3.97. The van der Waals surface area contributed by atoms with E-state index in [4.69, 9.17) is 4.74 Å². The molecule has 0 aliphatic carbocycles. The Labute approximate surface area is 85.4 Å². The maximum absolute atomic E-state index is 11.2. The average molecular weight is 197 g/mol. The van der Waals surface area contributed by atoms with E-state index in [0.29, 0.717) is 18.4 Å². The second-order valence-electron chi connectivity index (χ2n) is 4.58. The zero-order valence-corrected chi connectivity index (χ0v) is 9.03. The van der Waals surface area contributed by atoms with E-state index >= 15 is 0 Å². The van der Waals surface area contributed by atoms with Crippen molar-refractivity contribution >= 4 is 5.97 Å². The molecule has 2 heterocycles. The first-order chi connectivity index (χ1) is 6.72. The minimum absolute atomic E-state index is 0.0475. The lowest BCUT2D eigenvalue weighted by atomic mass is 9.88. The number of nitrogens with zero attached hydrogens (tertiary/aromatic N) is 1. The molecule has 2 saturated heterocycles. The molecule has 2 aliphatic heterocycles. The summed E-state index contributed by atoms with van der Waals surface area (Å²) in [4.78, 5) is 13.7. The van der Waals surface area contributed by atoms with Gasteiger partial charge in [0.15, 0.2) is 0 Å². The van der Waals surface area contributed by atoms with Crippen LogP contribution in [0, 0.1) is 5.92 Å². The van der Waals surface area contributed by atoms with E-state index in [1.54, 1.807) is 0 Å². The molecule has 0 radical (unpaired) electrons. The van der Waals surface area contributed by atoms with E-state index in [0.717, 1.165) is 6.04 Å². The van der Waals surface area contributed by atoms with Crippen molar-refractivity contribution in [3.05, 3.63) is 0 Å². The second-order valence-corrected chi connectivity index (χ2v) is 4.58. The quantitative estimate of drug-likeness (QED) is 0.627. The first-order valence-electron chi connectivity index (χ1n) is 5.51. The van der Waals surface area contributed by atoms with E-state index in [1.165, 1.54) is 32.8 Å². The molecule has 80 valence electrons. The lowest BCUT2D eigenvalue weighted by Gasteiger charge is -2.37. The number of hydrogen-bond donors (Lipinski definition) is 0. The monoisotopic (exact) mass is 197 g/mol. The molecule has 2 rings (SSSR count). The molecule has 2 fully saturated rings. The van der Waals surface area contributed by atoms with Crippen LogP contribution < -0.4 is 0 Å². The van der Waals surface area contributed by atoms with Crippen LogP contribution in [0.3, 0.4) is 0 Å². The van der Waals surface area contributed by atoms with Gasteiger partial charge < -0.3 is 9.64 Å². The van der Waals surface area contributed by atoms with Crippen molar-refractivity contribution in [1.29, 1.82) is 0 Å². The van der Waals surface area contributed by atoms with E-state index in [1.807, 2.05) is 0 Å². The Morgan fingerprint density at radius 3 is 2.79 bits per heavy atom. The standard InChI is InChI=1S/C11H19NO2/c1-12-9-4-3-8(7-11(13)14-2)10(12)6-5-9/h8-10H,3-7H2,1-2H3/t8-,9?,10?/m1/s1. The van der Waals surface area contributed by atoms with Crippen LogP contribution in [0.4, 0.5) is 0 Å². The molecule has 3 nitrogen and oxygen atoms in total. The highest BCUT2D eigenvalue weighted by Crippen LogP contribution is 2.39. The Morgan fingerprint density at radius 2 is 2.07 bits per heavy atom. The zero-order valence-electron chi connectivity index (χ0n) is 9.03. The highest BCUT2D eigenvalue weighted by Gasteiger charge is 2.40. The van der Waals surface area contributed by atoms with Crippen LogP contribution in [0.5, 0.6) is 0 Å². The predicted molar refractivity (Wildman–Crippen MR) is 53.9 cm³/mol. The number of carbonyl (C=O) groups excluding carboxylic acids is 1. The summed E-state index contributed by atoms with van der Waals surface area (Å²) in [5.74, 6) is 0.486. The van der Waals surface area contributed by atoms with Crippen LogP contribution in [-0.2, 0) is 9.53 Å². The second kappa shape index (κ2) is 3.89. The first kappa shape index (κ1) is 9.97. The zero-order chi connectivity index (χ0) is 10.1. The van der Waals surface area contributed by atoms with Crippen molar-refractivity contribution in [3.8, 4) is 0 Å². The van der Waals surface area contributed by atoms with Gasteiger partial charge in [-0.05, 0) is 38.6 Å². The molecule has 0 saturated carbocycles. The molecule has 0 N–H and O–H groups in total. The summed E-state index contributed by atoms with van der Waals surface area (Å²) in [6.07, 6.45) is 5.66. The van der Waals surface area contributed by atoms with Gasteiger partial charge in [0.25, 0.3) is 0 Å².